The molecule has 0 bridgehead atoms. The molecule has 1 aliphatic rings. The fraction of sp³-hybridized carbons (Fsp3) is 0.364. The minimum absolute atomic E-state index is 0. The summed E-state index contributed by atoms with van der Waals surface area (Å²) >= 11 is 3.57. The number of nitrogens with zero attached hydrogens (tertiary/aromatic N) is 2. The Labute approximate surface area is 198 Å². The largest absolute Gasteiger partial charge is 0.355 e. The number of amides is 1. The molecule has 2 N–H and O–H groups in total. The summed E-state index contributed by atoms with van der Waals surface area (Å²) < 4.78 is 1.10. The van der Waals surface area contributed by atoms with E-state index in [0.29, 0.717) is 12.5 Å². The van der Waals surface area contributed by atoms with Crippen molar-refractivity contribution < 1.29 is 4.79 Å². The molecular weight excluding hydrogens is 543 g/mol. The molecule has 0 aliphatic heterocycles. The number of hydrogen-bond donors (Lipinski definition) is 2. The van der Waals surface area contributed by atoms with E-state index in [1.165, 1.54) is 5.56 Å². The molecular formula is C22H28BrIN4O. The van der Waals surface area contributed by atoms with Gasteiger partial charge in [-0.1, -0.05) is 58.4 Å². The summed E-state index contributed by atoms with van der Waals surface area (Å²) in [6, 6.07) is 18.6. The Hall–Kier alpha value is -1.61. The summed E-state index contributed by atoms with van der Waals surface area (Å²) in [5.74, 6) is 0.683. The first-order valence-corrected chi connectivity index (χ1v) is 10.3. The van der Waals surface area contributed by atoms with E-state index >= 15 is 0 Å². The van der Waals surface area contributed by atoms with E-state index in [0.717, 1.165) is 29.4 Å². The van der Waals surface area contributed by atoms with Gasteiger partial charge < -0.3 is 15.5 Å². The van der Waals surface area contributed by atoms with E-state index in [1.807, 2.05) is 24.3 Å². The molecule has 0 radical (unpaired) electrons. The standard InChI is InChI=1S/C22H27BrN4O.HI/c1-27(2)20(28)15-25-21(24-14-17-7-4-3-5-8-17)26-16-22(11-12-22)18-9-6-10-19(23)13-18;/h3-10,13H,11-12,14-16H2,1-2H3,(H2,24,25,26);1H. The van der Waals surface area contributed by atoms with Crippen LogP contribution in [0.4, 0.5) is 0 Å². The average molecular weight is 571 g/mol. The predicted molar refractivity (Wildman–Crippen MR) is 133 cm³/mol. The molecule has 5 nitrogen and oxygen atoms in total. The molecule has 0 heterocycles. The van der Waals surface area contributed by atoms with Crippen LogP contribution in [0.25, 0.3) is 0 Å². The Bertz CT molecular complexity index is 838. The molecule has 2 aromatic rings. The summed E-state index contributed by atoms with van der Waals surface area (Å²) in [5, 5.41) is 6.63. The van der Waals surface area contributed by atoms with Gasteiger partial charge in [-0.05, 0) is 36.1 Å². The lowest BCUT2D eigenvalue weighted by Crippen LogP contribution is -2.45. The fourth-order valence-electron chi connectivity index (χ4n) is 3.04. The molecule has 0 spiro atoms. The smallest absolute Gasteiger partial charge is 0.241 e. The molecule has 156 valence electrons. The predicted octanol–water partition coefficient (Wildman–Crippen LogP) is 3.92. The van der Waals surface area contributed by atoms with Crippen LogP contribution in [0.5, 0.6) is 0 Å². The number of hydrogen-bond acceptors (Lipinski definition) is 2. The molecule has 1 aliphatic carbocycles. The van der Waals surface area contributed by atoms with Gasteiger partial charge >= 0.3 is 0 Å². The molecule has 3 rings (SSSR count). The third kappa shape index (κ3) is 6.99. The van der Waals surface area contributed by atoms with Gasteiger partial charge in [0.25, 0.3) is 0 Å². The SMILES string of the molecule is CN(C)C(=O)CNC(=NCc1ccccc1)NCC1(c2cccc(Br)c2)CC1.I. The van der Waals surface area contributed by atoms with Gasteiger partial charge in [-0.2, -0.15) is 0 Å². The van der Waals surface area contributed by atoms with E-state index in [4.69, 9.17) is 0 Å². The Morgan fingerprint density at radius 3 is 2.45 bits per heavy atom. The number of likely N-dealkylation sites (N-methyl/N-ethyl adjacent to an activating group) is 1. The van der Waals surface area contributed by atoms with Crippen molar-refractivity contribution in [3.05, 3.63) is 70.2 Å². The molecule has 0 unspecified atom stereocenters. The summed E-state index contributed by atoms with van der Waals surface area (Å²) in [6.45, 7) is 1.58. The van der Waals surface area contributed by atoms with Crippen molar-refractivity contribution in [2.24, 2.45) is 4.99 Å². The molecule has 0 aromatic heterocycles. The highest BCUT2D eigenvalue weighted by Crippen LogP contribution is 2.48. The number of rotatable bonds is 7. The van der Waals surface area contributed by atoms with Crippen molar-refractivity contribution in [1.82, 2.24) is 15.5 Å². The lowest BCUT2D eigenvalue weighted by molar-refractivity contribution is -0.127. The summed E-state index contributed by atoms with van der Waals surface area (Å²) in [4.78, 5) is 18.2. The van der Waals surface area contributed by atoms with Crippen LogP contribution in [-0.4, -0.2) is 44.0 Å². The second kappa shape index (κ2) is 11.0. The number of guanidine groups is 1. The first-order chi connectivity index (χ1) is 13.5. The second-order valence-corrected chi connectivity index (χ2v) is 8.35. The Kier molecular flexibility index (Phi) is 8.95. The summed E-state index contributed by atoms with van der Waals surface area (Å²) in [7, 11) is 3.51. The molecule has 7 heteroatoms. The molecule has 0 saturated heterocycles. The van der Waals surface area contributed by atoms with Crippen molar-refractivity contribution in [1.29, 1.82) is 0 Å². The topological polar surface area (TPSA) is 56.7 Å². The minimum atomic E-state index is 0. The Morgan fingerprint density at radius 1 is 1.10 bits per heavy atom. The maximum atomic E-state index is 12.0. The highest BCUT2D eigenvalue weighted by molar-refractivity contribution is 14.0. The van der Waals surface area contributed by atoms with Crippen LogP contribution in [-0.2, 0) is 16.8 Å². The van der Waals surface area contributed by atoms with Gasteiger partial charge in [0.2, 0.25) is 5.91 Å². The Balaban J connectivity index is 0.00000300. The first kappa shape index (κ1) is 23.7. The van der Waals surface area contributed by atoms with Crippen molar-refractivity contribution in [3.8, 4) is 0 Å². The van der Waals surface area contributed by atoms with Crippen molar-refractivity contribution >= 4 is 51.8 Å². The molecule has 1 saturated carbocycles. The monoisotopic (exact) mass is 570 g/mol. The average Bonchev–Trinajstić information content (AvgIpc) is 3.49. The van der Waals surface area contributed by atoms with E-state index in [1.54, 1.807) is 19.0 Å². The fourth-order valence-corrected chi connectivity index (χ4v) is 3.43. The van der Waals surface area contributed by atoms with Gasteiger partial charge in [-0.3, -0.25) is 4.79 Å². The molecule has 29 heavy (non-hydrogen) atoms. The van der Waals surface area contributed by atoms with Crippen LogP contribution in [0.3, 0.4) is 0 Å². The highest BCUT2D eigenvalue weighted by atomic mass is 127. The minimum Gasteiger partial charge on any atom is -0.355 e. The quantitative estimate of drug-likeness (QED) is 0.301. The van der Waals surface area contributed by atoms with Gasteiger partial charge in [0.1, 0.15) is 0 Å². The van der Waals surface area contributed by atoms with Crippen LogP contribution in [0.2, 0.25) is 0 Å². The van der Waals surface area contributed by atoms with Gasteiger partial charge in [-0.15, -0.1) is 24.0 Å². The third-order valence-electron chi connectivity index (χ3n) is 5.05. The van der Waals surface area contributed by atoms with Crippen molar-refractivity contribution in [3.63, 3.8) is 0 Å². The van der Waals surface area contributed by atoms with E-state index in [-0.39, 0.29) is 41.8 Å². The van der Waals surface area contributed by atoms with Gasteiger partial charge in [0.15, 0.2) is 5.96 Å². The second-order valence-electron chi connectivity index (χ2n) is 7.44. The normalized spacial score (nSPS) is 14.5. The van der Waals surface area contributed by atoms with E-state index in [2.05, 4.69) is 61.9 Å². The van der Waals surface area contributed by atoms with Crippen LogP contribution >= 0.6 is 39.9 Å². The van der Waals surface area contributed by atoms with Gasteiger partial charge in [0.05, 0.1) is 13.1 Å². The van der Waals surface area contributed by atoms with Crippen LogP contribution in [0, 0.1) is 0 Å². The summed E-state index contributed by atoms with van der Waals surface area (Å²) in [5.41, 5.74) is 2.61. The zero-order valence-electron chi connectivity index (χ0n) is 16.8. The third-order valence-corrected chi connectivity index (χ3v) is 5.55. The van der Waals surface area contributed by atoms with E-state index < -0.39 is 0 Å². The van der Waals surface area contributed by atoms with Crippen LogP contribution in [0.15, 0.2) is 64.1 Å². The Morgan fingerprint density at radius 2 is 1.83 bits per heavy atom. The molecule has 0 atom stereocenters. The van der Waals surface area contributed by atoms with Crippen LogP contribution in [0.1, 0.15) is 24.0 Å². The van der Waals surface area contributed by atoms with Gasteiger partial charge in [-0.25, -0.2) is 4.99 Å². The molecule has 1 amide bonds. The first-order valence-electron chi connectivity index (χ1n) is 9.51. The number of benzene rings is 2. The summed E-state index contributed by atoms with van der Waals surface area (Å²) in [6.07, 6.45) is 2.30. The molecule has 1 fully saturated rings. The zero-order chi connectivity index (χ0) is 20.0. The van der Waals surface area contributed by atoms with Crippen LogP contribution < -0.4 is 10.6 Å². The lowest BCUT2D eigenvalue weighted by Gasteiger charge is -2.20. The highest BCUT2D eigenvalue weighted by Gasteiger charge is 2.44. The number of halogens is 2. The number of carbonyl (C=O) groups is 1. The number of carbonyl (C=O) groups excluding carboxylic acids is 1. The number of nitrogens with one attached hydrogen (secondary N) is 2. The van der Waals surface area contributed by atoms with Gasteiger partial charge in [0, 0.05) is 30.5 Å². The van der Waals surface area contributed by atoms with Crippen molar-refractivity contribution in [2.75, 3.05) is 27.2 Å². The zero-order valence-corrected chi connectivity index (χ0v) is 20.7. The maximum Gasteiger partial charge on any atom is 0.241 e. The lowest BCUT2D eigenvalue weighted by atomic mass is 9.96. The number of aliphatic imine (C=N–C) groups is 1. The molecule has 2 aromatic carbocycles. The van der Waals surface area contributed by atoms with Crippen molar-refractivity contribution in [2.45, 2.75) is 24.8 Å². The van der Waals surface area contributed by atoms with E-state index in [9.17, 15) is 4.79 Å². The maximum absolute atomic E-state index is 12.0.